The second kappa shape index (κ2) is 6.46. The number of likely N-dealkylation sites (N-methyl/N-ethyl adjacent to an activating group) is 1. The van der Waals surface area contributed by atoms with Crippen molar-refractivity contribution >= 4 is 0 Å². The van der Waals surface area contributed by atoms with Crippen LogP contribution in [0.3, 0.4) is 0 Å². The van der Waals surface area contributed by atoms with Crippen LogP contribution in [0.1, 0.15) is 39.0 Å². The molecule has 1 saturated carbocycles. The molecule has 1 fully saturated rings. The van der Waals surface area contributed by atoms with E-state index in [9.17, 15) is 10.2 Å². The molecular weight excluding hydrogens is 190 g/mol. The Morgan fingerprint density at radius 2 is 2.00 bits per heavy atom. The highest BCUT2D eigenvalue weighted by atomic mass is 16.3. The summed E-state index contributed by atoms with van der Waals surface area (Å²) in [7, 11) is 2.03. The van der Waals surface area contributed by atoms with Gasteiger partial charge in [-0.2, -0.15) is 0 Å². The van der Waals surface area contributed by atoms with Gasteiger partial charge in [-0.1, -0.05) is 19.8 Å². The third kappa shape index (κ3) is 4.49. The molecule has 15 heavy (non-hydrogen) atoms. The maximum Gasteiger partial charge on any atom is 0.0664 e. The number of hydrogen-bond acceptors (Lipinski definition) is 3. The number of nitrogens with zero attached hydrogens (tertiary/aromatic N) is 1. The van der Waals surface area contributed by atoms with Crippen LogP contribution >= 0.6 is 0 Å². The highest BCUT2D eigenvalue weighted by molar-refractivity contribution is 4.77. The lowest BCUT2D eigenvalue weighted by Gasteiger charge is -2.31. The first-order valence-corrected chi connectivity index (χ1v) is 6.18. The van der Waals surface area contributed by atoms with E-state index in [1.165, 1.54) is 12.8 Å². The van der Waals surface area contributed by atoms with E-state index in [-0.39, 0.29) is 12.2 Å². The lowest BCUT2D eigenvalue weighted by Crippen LogP contribution is -2.38. The van der Waals surface area contributed by atoms with Crippen LogP contribution in [0.2, 0.25) is 0 Å². The molecule has 0 aliphatic heterocycles. The molecule has 3 nitrogen and oxygen atoms in total. The second-order valence-electron chi connectivity index (χ2n) is 4.90. The number of hydrogen-bond donors (Lipinski definition) is 2. The third-order valence-corrected chi connectivity index (χ3v) is 3.41. The number of aliphatic hydroxyl groups excluding tert-OH is 2. The van der Waals surface area contributed by atoms with E-state index >= 15 is 0 Å². The molecule has 0 saturated heterocycles. The molecule has 0 spiro atoms. The van der Waals surface area contributed by atoms with Gasteiger partial charge in [-0.3, -0.25) is 0 Å². The Kier molecular flexibility index (Phi) is 5.58. The van der Waals surface area contributed by atoms with Crippen molar-refractivity contribution in [2.75, 3.05) is 20.1 Å². The van der Waals surface area contributed by atoms with Gasteiger partial charge >= 0.3 is 0 Å². The van der Waals surface area contributed by atoms with Crippen LogP contribution in [0.15, 0.2) is 0 Å². The standard InChI is InChI=1S/C12H25NO2/c1-3-11(14)9-13(2)8-10-6-4-5-7-12(10)15/h10-12,14-15H,3-9H2,1-2H3. The summed E-state index contributed by atoms with van der Waals surface area (Å²) in [6.07, 6.45) is 4.95. The minimum absolute atomic E-state index is 0.125. The van der Waals surface area contributed by atoms with E-state index in [2.05, 4.69) is 4.90 Å². The molecule has 0 bridgehead atoms. The molecule has 0 radical (unpaired) electrons. The molecule has 2 N–H and O–H groups in total. The number of rotatable bonds is 5. The topological polar surface area (TPSA) is 43.7 Å². The van der Waals surface area contributed by atoms with Gasteiger partial charge in [0.25, 0.3) is 0 Å². The predicted octanol–water partition coefficient (Wildman–Crippen LogP) is 1.24. The molecule has 90 valence electrons. The highest BCUT2D eigenvalue weighted by Gasteiger charge is 2.24. The quantitative estimate of drug-likeness (QED) is 0.725. The van der Waals surface area contributed by atoms with Gasteiger partial charge in [0.05, 0.1) is 12.2 Å². The largest absolute Gasteiger partial charge is 0.393 e. The van der Waals surface area contributed by atoms with Crippen molar-refractivity contribution in [3.8, 4) is 0 Å². The zero-order valence-electron chi connectivity index (χ0n) is 10.0. The third-order valence-electron chi connectivity index (χ3n) is 3.41. The predicted molar refractivity (Wildman–Crippen MR) is 61.8 cm³/mol. The normalized spacial score (nSPS) is 29.4. The summed E-state index contributed by atoms with van der Waals surface area (Å²) in [6.45, 7) is 3.63. The molecule has 1 aliphatic rings. The van der Waals surface area contributed by atoms with Crippen molar-refractivity contribution in [3.05, 3.63) is 0 Å². The van der Waals surface area contributed by atoms with Gasteiger partial charge in [0.1, 0.15) is 0 Å². The minimum atomic E-state index is -0.226. The summed E-state index contributed by atoms with van der Waals surface area (Å²) in [5, 5.41) is 19.3. The van der Waals surface area contributed by atoms with E-state index in [1.807, 2.05) is 14.0 Å². The van der Waals surface area contributed by atoms with E-state index < -0.39 is 0 Å². The summed E-state index contributed by atoms with van der Waals surface area (Å²) in [5.74, 6) is 0.410. The summed E-state index contributed by atoms with van der Waals surface area (Å²) >= 11 is 0. The van der Waals surface area contributed by atoms with Gasteiger partial charge in [0.15, 0.2) is 0 Å². The molecular formula is C12H25NO2. The highest BCUT2D eigenvalue weighted by Crippen LogP contribution is 2.24. The van der Waals surface area contributed by atoms with Gasteiger partial charge in [-0.25, -0.2) is 0 Å². The van der Waals surface area contributed by atoms with E-state index in [0.29, 0.717) is 5.92 Å². The smallest absolute Gasteiger partial charge is 0.0664 e. The maximum absolute atomic E-state index is 9.82. The molecule has 0 aromatic heterocycles. The zero-order chi connectivity index (χ0) is 11.3. The first-order chi connectivity index (χ1) is 7.13. The van der Waals surface area contributed by atoms with Crippen molar-refractivity contribution in [1.82, 2.24) is 4.90 Å². The van der Waals surface area contributed by atoms with Crippen LogP contribution in [0.5, 0.6) is 0 Å². The second-order valence-corrected chi connectivity index (χ2v) is 4.90. The van der Waals surface area contributed by atoms with E-state index in [1.54, 1.807) is 0 Å². The monoisotopic (exact) mass is 215 g/mol. The molecule has 3 atom stereocenters. The Labute approximate surface area is 93.1 Å². The zero-order valence-corrected chi connectivity index (χ0v) is 10.0. The Balaban J connectivity index is 2.26. The van der Waals surface area contributed by atoms with Crippen LogP contribution in [0, 0.1) is 5.92 Å². The van der Waals surface area contributed by atoms with Gasteiger partial charge in [0, 0.05) is 13.1 Å². The molecule has 1 aliphatic carbocycles. The summed E-state index contributed by atoms with van der Waals surface area (Å²) in [4.78, 5) is 2.15. The van der Waals surface area contributed by atoms with Gasteiger partial charge in [0.2, 0.25) is 0 Å². The van der Waals surface area contributed by atoms with Crippen molar-refractivity contribution < 1.29 is 10.2 Å². The molecule has 3 heteroatoms. The van der Waals surface area contributed by atoms with Crippen molar-refractivity contribution in [2.24, 2.45) is 5.92 Å². The fourth-order valence-electron chi connectivity index (χ4n) is 2.36. The molecule has 0 aromatic rings. The van der Waals surface area contributed by atoms with E-state index in [0.717, 1.165) is 32.4 Å². The van der Waals surface area contributed by atoms with Crippen molar-refractivity contribution in [1.29, 1.82) is 0 Å². The van der Waals surface area contributed by atoms with Crippen LogP contribution in [-0.4, -0.2) is 47.5 Å². The van der Waals surface area contributed by atoms with Crippen molar-refractivity contribution in [3.63, 3.8) is 0 Å². The maximum atomic E-state index is 9.82. The number of aliphatic hydroxyl groups is 2. The van der Waals surface area contributed by atoms with Crippen LogP contribution < -0.4 is 0 Å². The SMILES string of the molecule is CCC(O)CN(C)CC1CCCCC1O. The fourth-order valence-corrected chi connectivity index (χ4v) is 2.36. The Morgan fingerprint density at radius 1 is 1.33 bits per heavy atom. The molecule has 0 amide bonds. The molecule has 1 rings (SSSR count). The van der Waals surface area contributed by atoms with Crippen LogP contribution in [0.4, 0.5) is 0 Å². The minimum Gasteiger partial charge on any atom is -0.393 e. The van der Waals surface area contributed by atoms with Crippen LogP contribution in [0.25, 0.3) is 0 Å². The van der Waals surface area contributed by atoms with Gasteiger partial charge in [-0.15, -0.1) is 0 Å². The summed E-state index contributed by atoms with van der Waals surface area (Å²) < 4.78 is 0. The Hall–Kier alpha value is -0.120. The first-order valence-electron chi connectivity index (χ1n) is 6.18. The molecule has 0 heterocycles. The Morgan fingerprint density at radius 3 is 2.60 bits per heavy atom. The van der Waals surface area contributed by atoms with E-state index in [4.69, 9.17) is 0 Å². The van der Waals surface area contributed by atoms with Crippen LogP contribution in [-0.2, 0) is 0 Å². The summed E-state index contributed by atoms with van der Waals surface area (Å²) in [6, 6.07) is 0. The fraction of sp³-hybridized carbons (Fsp3) is 1.00. The van der Waals surface area contributed by atoms with Gasteiger partial charge in [-0.05, 0) is 32.2 Å². The van der Waals surface area contributed by atoms with Gasteiger partial charge < -0.3 is 15.1 Å². The summed E-state index contributed by atoms with van der Waals surface area (Å²) in [5.41, 5.74) is 0. The average molecular weight is 215 g/mol. The molecule has 0 aromatic carbocycles. The Bertz CT molecular complexity index is 175. The van der Waals surface area contributed by atoms with Crippen molar-refractivity contribution in [2.45, 2.75) is 51.2 Å². The lowest BCUT2D eigenvalue weighted by molar-refractivity contribution is 0.0397. The average Bonchev–Trinajstić information content (AvgIpc) is 2.21. The molecule has 3 unspecified atom stereocenters. The lowest BCUT2D eigenvalue weighted by atomic mass is 9.86. The first kappa shape index (κ1) is 12.9.